The van der Waals surface area contributed by atoms with E-state index in [9.17, 15) is 0 Å². The van der Waals surface area contributed by atoms with Crippen LogP contribution in [0, 0.1) is 6.92 Å². The second kappa shape index (κ2) is 7.68. The molecule has 6 nitrogen and oxygen atoms in total. The van der Waals surface area contributed by atoms with Gasteiger partial charge in [-0.1, -0.05) is 6.07 Å². The number of hydrogen-bond acceptors (Lipinski definition) is 3. The number of nitrogens with one attached hydrogen (secondary N) is 2. The van der Waals surface area contributed by atoms with Crippen LogP contribution in [0.1, 0.15) is 48.8 Å². The summed E-state index contributed by atoms with van der Waals surface area (Å²) in [5, 5.41) is 11.7. The Hall–Kier alpha value is -2.37. The lowest BCUT2D eigenvalue weighted by Crippen LogP contribution is -2.45. The van der Waals surface area contributed by atoms with Crippen LogP contribution in [0.15, 0.2) is 29.5 Å². The number of nitrogens with zero attached hydrogens (tertiary/aromatic N) is 4. The highest BCUT2D eigenvalue weighted by atomic mass is 15.3. The van der Waals surface area contributed by atoms with E-state index in [1.807, 2.05) is 26.2 Å². The fraction of sp³-hybridized carbons (Fsp3) is 0.526. The van der Waals surface area contributed by atoms with Crippen molar-refractivity contribution < 1.29 is 0 Å². The van der Waals surface area contributed by atoms with E-state index >= 15 is 0 Å². The predicted octanol–water partition coefficient (Wildman–Crippen LogP) is 2.39. The van der Waals surface area contributed by atoms with Crippen LogP contribution in [0.2, 0.25) is 0 Å². The monoisotopic (exact) mass is 340 g/mol. The van der Waals surface area contributed by atoms with Crippen molar-refractivity contribution in [2.75, 3.05) is 7.05 Å². The van der Waals surface area contributed by atoms with Gasteiger partial charge in [0.15, 0.2) is 5.96 Å². The Bertz CT molecular complexity index is 729. The highest BCUT2D eigenvalue weighted by Gasteiger charge is 2.22. The van der Waals surface area contributed by atoms with Crippen molar-refractivity contribution in [1.82, 2.24) is 25.4 Å². The molecular formula is C19H28N6. The molecule has 0 aromatic carbocycles. The molecule has 25 heavy (non-hydrogen) atoms. The molecule has 134 valence electrons. The van der Waals surface area contributed by atoms with Crippen LogP contribution in [0.5, 0.6) is 0 Å². The lowest BCUT2D eigenvalue weighted by Gasteiger charge is -2.24. The summed E-state index contributed by atoms with van der Waals surface area (Å²) >= 11 is 0. The molecule has 0 aliphatic heterocycles. The van der Waals surface area contributed by atoms with Gasteiger partial charge in [0.25, 0.3) is 0 Å². The molecule has 3 rings (SSSR count). The van der Waals surface area contributed by atoms with Crippen molar-refractivity contribution in [2.45, 2.75) is 58.7 Å². The molecule has 0 spiro atoms. The minimum atomic E-state index is 0.366. The molecule has 2 aromatic rings. The number of aliphatic imine (C=N–C) groups is 1. The van der Waals surface area contributed by atoms with Gasteiger partial charge in [-0.25, -0.2) is 0 Å². The molecule has 2 aromatic heterocycles. The molecule has 0 saturated heterocycles. The molecule has 0 radical (unpaired) electrons. The maximum Gasteiger partial charge on any atom is 0.191 e. The largest absolute Gasteiger partial charge is 0.353 e. The summed E-state index contributed by atoms with van der Waals surface area (Å²) in [5.41, 5.74) is 4.79. The molecule has 0 saturated carbocycles. The topological polar surface area (TPSA) is 67.1 Å². The van der Waals surface area contributed by atoms with E-state index in [1.165, 1.54) is 11.3 Å². The van der Waals surface area contributed by atoms with Gasteiger partial charge in [0.05, 0.1) is 5.69 Å². The quantitative estimate of drug-likeness (QED) is 0.662. The van der Waals surface area contributed by atoms with Crippen LogP contribution in [-0.4, -0.2) is 33.8 Å². The maximum atomic E-state index is 4.74. The van der Waals surface area contributed by atoms with E-state index in [4.69, 9.17) is 5.10 Å². The fourth-order valence-corrected chi connectivity index (χ4v) is 3.08. The fourth-order valence-electron chi connectivity index (χ4n) is 3.08. The number of fused-ring (bicyclic) bond motifs is 1. The summed E-state index contributed by atoms with van der Waals surface area (Å²) in [4.78, 5) is 8.68. The van der Waals surface area contributed by atoms with Crippen molar-refractivity contribution in [3.05, 3.63) is 47.0 Å². The second-order valence-corrected chi connectivity index (χ2v) is 6.99. The average Bonchev–Trinajstić information content (AvgIpc) is 3.03. The Morgan fingerprint density at radius 2 is 2.24 bits per heavy atom. The Morgan fingerprint density at radius 1 is 1.40 bits per heavy atom. The van der Waals surface area contributed by atoms with Crippen molar-refractivity contribution in [1.29, 1.82) is 0 Å². The SMILES string of the molecule is CN=C(NCc1ccc(C)nc1)NC1CCc2cn(C(C)C)nc2C1. The average molecular weight is 340 g/mol. The van der Waals surface area contributed by atoms with E-state index in [1.54, 1.807) is 0 Å². The van der Waals surface area contributed by atoms with Crippen molar-refractivity contribution in [2.24, 2.45) is 4.99 Å². The Labute approximate surface area is 149 Å². The number of aromatic nitrogens is 3. The number of aryl methyl sites for hydroxylation is 2. The zero-order valence-electron chi connectivity index (χ0n) is 15.6. The first kappa shape index (κ1) is 17.5. The minimum Gasteiger partial charge on any atom is -0.353 e. The van der Waals surface area contributed by atoms with Gasteiger partial charge in [-0.3, -0.25) is 14.7 Å². The summed E-state index contributed by atoms with van der Waals surface area (Å²) in [6, 6.07) is 4.90. The summed E-state index contributed by atoms with van der Waals surface area (Å²) in [7, 11) is 1.81. The lowest BCUT2D eigenvalue weighted by molar-refractivity contribution is 0.499. The van der Waals surface area contributed by atoms with Gasteiger partial charge in [-0.05, 0) is 50.8 Å². The van der Waals surface area contributed by atoms with E-state index in [0.717, 1.165) is 36.5 Å². The lowest BCUT2D eigenvalue weighted by atomic mass is 9.94. The second-order valence-electron chi connectivity index (χ2n) is 6.99. The van der Waals surface area contributed by atoms with Crippen LogP contribution in [0.3, 0.4) is 0 Å². The van der Waals surface area contributed by atoms with Gasteiger partial charge in [-0.2, -0.15) is 5.10 Å². The standard InChI is InChI=1S/C19H28N6/c1-13(2)25-12-16-7-8-17(9-18(16)24-25)23-19(20-4)22-11-15-6-5-14(3)21-10-15/h5-6,10,12-13,17H,7-9,11H2,1-4H3,(H2,20,22,23). The molecule has 0 fully saturated rings. The zero-order chi connectivity index (χ0) is 17.8. The summed E-state index contributed by atoms with van der Waals surface area (Å²) in [6.45, 7) is 7.04. The number of rotatable bonds is 4. The van der Waals surface area contributed by atoms with E-state index in [2.05, 4.69) is 51.4 Å². The van der Waals surface area contributed by atoms with Gasteiger partial charge in [0.1, 0.15) is 0 Å². The maximum absolute atomic E-state index is 4.74. The highest BCUT2D eigenvalue weighted by molar-refractivity contribution is 5.80. The number of pyridine rings is 1. The Kier molecular flexibility index (Phi) is 5.36. The summed E-state index contributed by atoms with van der Waals surface area (Å²) < 4.78 is 2.07. The third kappa shape index (κ3) is 4.38. The van der Waals surface area contributed by atoms with Gasteiger partial charge < -0.3 is 10.6 Å². The molecule has 2 N–H and O–H groups in total. The van der Waals surface area contributed by atoms with E-state index in [-0.39, 0.29) is 0 Å². The minimum absolute atomic E-state index is 0.366. The molecule has 2 heterocycles. The number of hydrogen-bond donors (Lipinski definition) is 2. The first-order chi connectivity index (χ1) is 12.0. The molecule has 0 bridgehead atoms. The molecule has 6 heteroatoms. The molecule has 1 aliphatic rings. The molecule has 1 unspecified atom stereocenters. The van der Waals surface area contributed by atoms with Crippen molar-refractivity contribution in [3.8, 4) is 0 Å². The van der Waals surface area contributed by atoms with Crippen LogP contribution in [0.4, 0.5) is 0 Å². The van der Waals surface area contributed by atoms with Crippen molar-refractivity contribution in [3.63, 3.8) is 0 Å². The Balaban J connectivity index is 1.56. The normalized spacial score (nSPS) is 17.5. The summed E-state index contributed by atoms with van der Waals surface area (Å²) in [6.07, 6.45) is 7.22. The van der Waals surface area contributed by atoms with Crippen LogP contribution in [0.25, 0.3) is 0 Å². The van der Waals surface area contributed by atoms with Gasteiger partial charge >= 0.3 is 0 Å². The zero-order valence-corrected chi connectivity index (χ0v) is 15.6. The highest BCUT2D eigenvalue weighted by Crippen LogP contribution is 2.21. The third-order valence-electron chi connectivity index (χ3n) is 4.62. The van der Waals surface area contributed by atoms with Gasteiger partial charge in [-0.15, -0.1) is 0 Å². The van der Waals surface area contributed by atoms with Gasteiger partial charge in [0, 0.05) is 50.2 Å². The molecule has 0 amide bonds. The first-order valence-corrected chi connectivity index (χ1v) is 9.00. The Morgan fingerprint density at radius 3 is 2.92 bits per heavy atom. The van der Waals surface area contributed by atoms with E-state index in [0.29, 0.717) is 18.6 Å². The first-order valence-electron chi connectivity index (χ1n) is 9.00. The van der Waals surface area contributed by atoms with Crippen molar-refractivity contribution >= 4 is 5.96 Å². The molecular weight excluding hydrogens is 312 g/mol. The van der Waals surface area contributed by atoms with Crippen LogP contribution in [-0.2, 0) is 19.4 Å². The molecule has 1 aliphatic carbocycles. The van der Waals surface area contributed by atoms with Crippen LogP contribution >= 0.6 is 0 Å². The predicted molar refractivity (Wildman–Crippen MR) is 101 cm³/mol. The van der Waals surface area contributed by atoms with Crippen LogP contribution < -0.4 is 10.6 Å². The molecule has 1 atom stereocenters. The number of guanidine groups is 1. The summed E-state index contributed by atoms with van der Waals surface area (Å²) in [5.74, 6) is 0.831. The van der Waals surface area contributed by atoms with Gasteiger partial charge in [0.2, 0.25) is 0 Å². The smallest absolute Gasteiger partial charge is 0.191 e. The van der Waals surface area contributed by atoms with E-state index < -0.39 is 0 Å². The third-order valence-corrected chi connectivity index (χ3v) is 4.62.